The van der Waals surface area contributed by atoms with Gasteiger partial charge >= 0.3 is 12.1 Å². The smallest absolute Gasteiger partial charge is 0.416 e. The largest absolute Gasteiger partial charge is 0.481 e. The highest BCUT2D eigenvalue weighted by molar-refractivity contribution is 7.89. The number of alkyl halides is 3. The lowest BCUT2D eigenvalue weighted by Crippen LogP contribution is -2.29. The van der Waals surface area contributed by atoms with Gasteiger partial charge in [-0.2, -0.15) is 22.6 Å². The summed E-state index contributed by atoms with van der Waals surface area (Å²) in [4.78, 5) is 15.3. The molecule has 36 heavy (non-hydrogen) atoms. The van der Waals surface area contributed by atoms with Gasteiger partial charge < -0.3 is 9.84 Å². The topological polar surface area (TPSA) is 115 Å². The van der Waals surface area contributed by atoms with Gasteiger partial charge in [0.15, 0.2) is 0 Å². The van der Waals surface area contributed by atoms with Crippen molar-refractivity contribution in [1.82, 2.24) is 19.1 Å². The first-order valence-corrected chi connectivity index (χ1v) is 12.6. The molecule has 194 valence electrons. The summed E-state index contributed by atoms with van der Waals surface area (Å²) in [5.74, 6) is -1.21. The number of ether oxygens (including phenoxy) is 1. The van der Waals surface area contributed by atoms with Crippen LogP contribution in [0.3, 0.4) is 0 Å². The van der Waals surface area contributed by atoms with E-state index in [1.54, 1.807) is 6.92 Å². The van der Waals surface area contributed by atoms with Crippen molar-refractivity contribution in [3.8, 4) is 5.88 Å². The molecule has 4 rings (SSSR count). The molecule has 9 nitrogen and oxygen atoms in total. The van der Waals surface area contributed by atoms with Crippen LogP contribution in [-0.2, 0) is 27.4 Å². The summed E-state index contributed by atoms with van der Waals surface area (Å²) in [5, 5.41) is 13.9. The zero-order valence-electron chi connectivity index (χ0n) is 19.7. The molecule has 0 amide bonds. The second kappa shape index (κ2) is 9.36. The molecule has 2 atom stereocenters. The van der Waals surface area contributed by atoms with E-state index in [2.05, 4.69) is 10.1 Å². The molecule has 0 saturated carbocycles. The minimum Gasteiger partial charge on any atom is -0.481 e. The van der Waals surface area contributed by atoms with Gasteiger partial charge in [-0.15, -0.1) is 0 Å². The summed E-state index contributed by atoms with van der Waals surface area (Å²) in [5.41, 5.74) is -0.679. The van der Waals surface area contributed by atoms with Gasteiger partial charge in [0.2, 0.25) is 15.9 Å². The third-order valence-electron chi connectivity index (χ3n) is 5.99. The second-order valence-corrected chi connectivity index (χ2v) is 11.0. The number of carbonyl (C=O) groups is 1. The van der Waals surface area contributed by atoms with Crippen LogP contribution in [0.5, 0.6) is 5.88 Å². The Morgan fingerprint density at radius 2 is 1.94 bits per heavy atom. The maximum absolute atomic E-state index is 13.4. The number of hydrogen-bond acceptors (Lipinski definition) is 6. The molecule has 0 bridgehead atoms. The number of aliphatic carboxylic acids is 1. The number of fused-ring (bicyclic) bond motifs is 1. The molecule has 1 N–H and O–H groups in total. The van der Waals surface area contributed by atoms with E-state index >= 15 is 0 Å². The van der Waals surface area contributed by atoms with E-state index in [-0.39, 0.29) is 52.5 Å². The fourth-order valence-corrected chi connectivity index (χ4v) is 5.81. The first-order chi connectivity index (χ1) is 16.8. The van der Waals surface area contributed by atoms with Crippen LogP contribution in [0.15, 0.2) is 41.4 Å². The summed E-state index contributed by atoms with van der Waals surface area (Å²) < 4.78 is 74.8. The third kappa shape index (κ3) is 5.03. The van der Waals surface area contributed by atoms with Crippen molar-refractivity contribution < 1.29 is 36.2 Å². The number of carboxylic acid groups (broad SMARTS) is 1. The molecule has 1 saturated heterocycles. The SMILES string of the molecule is CC(C)Oc1ccc(S(=O)(=O)N2C[C@@H](C)[C@@H](n3nc(CC(=O)O)c4ccc(C(F)(F)F)cc43)C2)cn1. The highest BCUT2D eigenvalue weighted by atomic mass is 32.2. The molecule has 2 aromatic heterocycles. The molecular weight excluding hydrogens is 501 g/mol. The van der Waals surface area contributed by atoms with E-state index in [9.17, 15) is 31.5 Å². The van der Waals surface area contributed by atoms with Gasteiger partial charge in [0, 0.05) is 24.5 Å². The fraction of sp³-hybridized carbons (Fsp3) is 0.435. The standard InChI is InChI=1S/C23H25F3N4O5S/c1-13(2)35-21-7-5-16(10-27-21)36(33,34)29-11-14(3)20(12-29)30-19-8-15(23(24,25)26)4-6-17(19)18(28-30)9-22(31)32/h4-8,10,13-14,20H,9,11-12H2,1-3H3,(H,31,32)/t14-,20+/m1/s1. The third-order valence-corrected chi connectivity index (χ3v) is 7.80. The van der Waals surface area contributed by atoms with Crippen molar-refractivity contribution in [3.05, 3.63) is 47.8 Å². The van der Waals surface area contributed by atoms with E-state index in [0.717, 1.165) is 12.1 Å². The number of halogens is 3. The second-order valence-electron chi connectivity index (χ2n) is 9.06. The summed E-state index contributed by atoms with van der Waals surface area (Å²) >= 11 is 0. The first kappa shape index (κ1) is 25.9. The van der Waals surface area contributed by atoms with Crippen molar-refractivity contribution in [1.29, 1.82) is 0 Å². The lowest BCUT2D eigenvalue weighted by atomic mass is 10.1. The minimum atomic E-state index is -4.61. The maximum Gasteiger partial charge on any atom is 0.416 e. The van der Waals surface area contributed by atoms with Gasteiger partial charge in [0.25, 0.3) is 0 Å². The average molecular weight is 527 g/mol. The number of hydrogen-bond donors (Lipinski definition) is 1. The predicted octanol–water partition coefficient (Wildman–Crippen LogP) is 3.75. The number of pyridine rings is 1. The minimum absolute atomic E-state index is 0.0392. The molecule has 1 aromatic carbocycles. The van der Waals surface area contributed by atoms with Gasteiger partial charge in [-0.25, -0.2) is 13.4 Å². The molecule has 0 unspecified atom stereocenters. The number of nitrogens with zero attached hydrogens (tertiary/aromatic N) is 4. The highest BCUT2D eigenvalue weighted by Crippen LogP contribution is 2.37. The molecule has 3 heterocycles. The van der Waals surface area contributed by atoms with E-state index in [4.69, 9.17) is 4.74 Å². The normalized spacial score (nSPS) is 19.3. The average Bonchev–Trinajstić information content (AvgIpc) is 3.33. The van der Waals surface area contributed by atoms with Gasteiger partial charge in [0.1, 0.15) is 4.90 Å². The molecule has 0 spiro atoms. The monoisotopic (exact) mass is 526 g/mol. The number of rotatable bonds is 7. The van der Waals surface area contributed by atoms with E-state index in [1.807, 2.05) is 13.8 Å². The van der Waals surface area contributed by atoms with Gasteiger partial charge in [0.05, 0.1) is 41.5 Å². The Labute approximate surface area is 205 Å². The van der Waals surface area contributed by atoms with Crippen LogP contribution in [0.4, 0.5) is 13.2 Å². The van der Waals surface area contributed by atoms with Crippen LogP contribution in [-0.4, -0.2) is 57.8 Å². The molecule has 0 aliphatic carbocycles. The van der Waals surface area contributed by atoms with Gasteiger partial charge in [-0.3, -0.25) is 9.48 Å². The Bertz CT molecular complexity index is 1390. The highest BCUT2D eigenvalue weighted by Gasteiger charge is 2.40. The summed E-state index contributed by atoms with van der Waals surface area (Å²) in [6.07, 6.45) is -4.01. The van der Waals surface area contributed by atoms with Crippen LogP contribution >= 0.6 is 0 Å². The number of aromatic nitrogens is 3. The molecule has 1 fully saturated rings. The molecule has 0 radical (unpaired) electrons. The first-order valence-electron chi connectivity index (χ1n) is 11.2. The quantitative estimate of drug-likeness (QED) is 0.499. The van der Waals surface area contributed by atoms with Crippen LogP contribution in [0.2, 0.25) is 0 Å². The van der Waals surface area contributed by atoms with Crippen LogP contribution in [0.1, 0.15) is 38.1 Å². The number of benzene rings is 1. The van der Waals surface area contributed by atoms with Crippen molar-refractivity contribution >= 4 is 26.9 Å². The van der Waals surface area contributed by atoms with E-state index in [1.165, 1.54) is 33.4 Å². The van der Waals surface area contributed by atoms with E-state index in [0.29, 0.717) is 0 Å². The van der Waals surface area contributed by atoms with Crippen molar-refractivity contribution in [2.24, 2.45) is 5.92 Å². The maximum atomic E-state index is 13.4. The summed E-state index contributed by atoms with van der Waals surface area (Å²) in [6.45, 7) is 5.46. The molecule has 1 aliphatic rings. The zero-order valence-corrected chi connectivity index (χ0v) is 20.5. The van der Waals surface area contributed by atoms with Gasteiger partial charge in [-0.1, -0.05) is 13.0 Å². The fourth-order valence-electron chi connectivity index (χ4n) is 4.31. The van der Waals surface area contributed by atoms with Crippen LogP contribution in [0, 0.1) is 5.92 Å². The Morgan fingerprint density at radius 1 is 1.22 bits per heavy atom. The van der Waals surface area contributed by atoms with Crippen LogP contribution < -0.4 is 4.74 Å². The zero-order chi connectivity index (χ0) is 26.4. The van der Waals surface area contributed by atoms with Gasteiger partial charge in [-0.05, 0) is 38.0 Å². The van der Waals surface area contributed by atoms with E-state index < -0.39 is 40.2 Å². The Kier molecular flexibility index (Phi) is 6.73. The van der Waals surface area contributed by atoms with Crippen molar-refractivity contribution in [3.63, 3.8) is 0 Å². The Balaban J connectivity index is 1.69. The lowest BCUT2D eigenvalue weighted by Gasteiger charge is -2.18. The number of sulfonamides is 1. The predicted molar refractivity (Wildman–Crippen MR) is 123 cm³/mol. The van der Waals surface area contributed by atoms with Crippen molar-refractivity contribution in [2.75, 3.05) is 13.1 Å². The summed E-state index contributed by atoms with van der Waals surface area (Å²) in [7, 11) is -3.95. The number of carboxylic acids is 1. The molecular formula is C23H25F3N4O5S. The summed E-state index contributed by atoms with van der Waals surface area (Å²) in [6, 6.07) is 5.26. The molecule has 1 aliphatic heterocycles. The Morgan fingerprint density at radius 3 is 2.53 bits per heavy atom. The van der Waals surface area contributed by atoms with Crippen molar-refractivity contribution in [2.45, 2.75) is 50.4 Å². The van der Waals surface area contributed by atoms with Crippen LogP contribution in [0.25, 0.3) is 10.9 Å². The lowest BCUT2D eigenvalue weighted by molar-refractivity contribution is -0.138. The Hall–Kier alpha value is -3.19. The molecule has 3 aromatic rings. The molecule has 13 heteroatoms.